The van der Waals surface area contributed by atoms with Gasteiger partial charge in [-0.05, 0) is 25.1 Å². The predicted molar refractivity (Wildman–Crippen MR) is 103 cm³/mol. The van der Waals surface area contributed by atoms with Crippen LogP contribution in [0.1, 0.15) is 11.3 Å². The Kier molecular flexibility index (Phi) is 5.65. The molecule has 0 aliphatic heterocycles. The standard InChI is InChI=1S/C20H18FN5O2/c1-13-14-5-2-3-6-15(14)20(28)26(25-13)12-19(27)24-10-9-23-18-8-4-7-17(21)16(18)11-22/h2-8,23H,9-10,12H2,1H3,(H,24,27). The van der Waals surface area contributed by atoms with Crippen LogP contribution in [0.2, 0.25) is 0 Å². The average Bonchev–Trinajstić information content (AvgIpc) is 2.69. The zero-order chi connectivity index (χ0) is 20.1. The number of carbonyl (C=O) groups is 1. The van der Waals surface area contributed by atoms with Gasteiger partial charge in [0.25, 0.3) is 5.56 Å². The second kappa shape index (κ2) is 8.31. The smallest absolute Gasteiger partial charge is 0.275 e. The molecule has 1 amide bonds. The van der Waals surface area contributed by atoms with E-state index in [1.165, 1.54) is 12.1 Å². The zero-order valence-corrected chi connectivity index (χ0v) is 15.2. The first kappa shape index (κ1) is 19.0. The van der Waals surface area contributed by atoms with E-state index < -0.39 is 5.82 Å². The van der Waals surface area contributed by atoms with Crippen LogP contribution in [0.4, 0.5) is 10.1 Å². The van der Waals surface area contributed by atoms with Crippen LogP contribution < -0.4 is 16.2 Å². The van der Waals surface area contributed by atoms with Crippen LogP contribution in [0.5, 0.6) is 0 Å². The molecule has 2 N–H and O–H groups in total. The molecule has 1 aromatic heterocycles. The van der Waals surface area contributed by atoms with E-state index in [9.17, 15) is 14.0 Å². The number of aryl methyl sites for hydroxylation is 1. The molecule has 0 atom stereocenters. The van der Waals surface area contributed by atoms with E-state index in [1.54, 1.807) is 31.2 Å². The Morgan fingerprint density at radius 2 is 1.93 bits per heavy atom. The van der Waals surface area contributed by atoms with Gasteiger partial charge in [0.05, 0.1) is 16.8 Å². The third-order valence-electron chi connectivity index (χ3n) is 4.23. The van der Waals surface area contributed by atoms with Crippen LogP contribution in [-0.4, -0.2) is 28.8 Å². The number of halogens is 1. The molecular weight excluding hydrogens is 361 g/mol. The van der Waals surface area contributed by atoms with E-state index in [0.29, 0.717) is 23.3 Å². The number of benzene rings is 2. The highest BCUT2D eigenvalue weighted by molar-refractivity contribution is 5.83. The summed E-state index contributed by atoms with van der Waals surface area (Å²) in [5.74, 6) is -0.973. The molecule has 0 unspecified atom stereocenters. The van der Waals surface area contributed by atoms with E-state index in [2.05, 4.69) is 15.7 Å². The van der Waals surface area contributed by atoms with Crippen molar-refractivity contribution < 1.29 is 9.18 Å². The summed E-state index contributed by atoms with van der Waals surface area (Å²) in [5, 5.41) is 20.0. The SMILES string of the molecule is Cc1nn(CC(=O)NCCNc2cccc(F)c2C#N)c(=O)c2ccccc12. The summed E-state index contributed by atoms with van der Waals surface area (Å²) in [6.07, 6.45) is 0. The molecular formula is C20H18FN5O2. The number of anilines is 1. The van der Waals surface area contributed by atoms with Gasteiger partial charge in [0.2, 0.25) is 5.91 Å². The molecule has 3 rings (SSSR count). The Labute approximate surface area is 160 Å². The van der Waals surface area contributed by atoms with Gasteiger partial charge in [-0.15, -0.1) is 0 Å². The Hall–Kier alpha value is -3.73. The lowest BCUT2D eigenvalue weighted by molar-refractivity contribution is -0.121. The van der Waals surface area contributed by atoms with Gasteiger partial charge >= 0.3 is 0 Å². The number of hydrogen-bond acceptors (Lipinski definition) is 5. The van der Waals surface area contributed by atoms with Gasteiger partial charge in [-0.1, -0.05) is 24.3 Å². The quantitative estimate of drug-likeness (QED) is 0.638. The predicted octanol–water partition coefficient (Wildman–Crippen LogP) is 1.94. The molecule has 0 saturated carbocycles. The molecule has 8 heteroatoms. The largest absolute Gasteiger partial charge is 0.382 e. The second-order valence-corrected chi connectivity index (χ2v) is 6.14. The Morgan fingerprint density at radius 1 is 1.18 bits per heavy atom. The summed E-state index contributed by atoms with van der Waals surface area (Å²) in [7, 11) is 0. The molecule has 2 aromatic carbocycles. The molecule has 0 aliphatic carbocycles. The first-order valence-corrected chi connectivity index (χ1v) is 8.67. The van der Waals surface area contributed by atoms with Crippen molar-refractivity contribution >= 4 is 22.4 Å². The van der Waals surface area contributed by atoms with Crippen LogP contribution in [-0.2, 0) is 11.3 Å². The van der Waals surface area contributed by atoms with Crippen molar-refractivity contribution in [1.29, 1.82) is 5.26 Å². The van der Waals surface area contributed by atoms with E-state index >= 15 is 0 Å². The number of fused-ring (bicyclic) bond motifs is 1. The minimum absolute atomic E-state index is 0.0729. The van der Waals surface area contributed by atoms with Crippen molar-refractivity contribution in [2.45, 2.75) is 13.5 Å². The van der Waals surface area contributed by atoms with Crippen molar-refractivity contribution in [1.82, 2.24) is 15.1 Å². The molecule has 0 bridgehead atoms. The van der Waals surface area contributed by atoms with Crippen LogP contribution in [0.15, 0.2) is 47.3 Å². The maximum Gasteiger partial charge on any atom is 0.275 e. The van der Waals surface area contributed by atoms with Crippen molar-refractivity contribution in [3.8, 4) is 6.07 Å². The Balaban J connectivity index is 1.59. The average molecular weight is 379 g/mol. The lowest BCUT2D eigenvalue weighted by Crippen LogP contribution is -2.36. The number of aromatic nitrogens is 2. The van der Waals surface area contributed by atoms with Crippen LogP contribution >= 0.6 is 0 Å². The summed E-state index contributed by atoms with van der Waals surface area (Å²) in [6.45, 7) is 2.12. The Bertz CT molecular complexity index is 1130. The first-order valence-electron chi connectivity index (χ1n) is 8.67. The molecule has 0 aliphatic rings. The number of carbonyl (C=O) groups excluding carboxylic acids is 1. The number of rotatable bonds is 6. The molecule has 0 fully saturated rings. The fraction of sp³-hybridized carbons (Fsp3) is 0.200. The number of nitriles is 1. The summed E-state index contributed by atoms with van der Waals surface area (Å²) >= 11 is 0. The van der Waals surface area contributed by atoms with E-state index in [4.69, 9.17) is 5.26 Å². The third kappa shape index (κ3) is 3.99. The highest BCUT2D eigenvalue weighted by Gasteiger charge is 2.11. The maximum absolute atomic E-state index is 13.5. The minimum atomic E-state index is -0.603. The second-order valence-electron chi connectivity index (χ2n) is 6.14. The molecule has 1 heterocycles. The van der Waals surface area contributed by atoms with Gasteiger partial charge < -0.3 is 10.6 Å². The van der Waals surface area contributed by atoms with E-state index in [1.807, 2.05) is 12.1 Å². The zero-order valence-electron chi connectivity index (χ0n) is 15.2. The van der Waals surface area contributed by atoms with Gasteiger partial charge in [-0.2, -0.15) is 10.4 Å². The molecule has 28 heavy (non-hydrogen) atoms. The summed E-state index contributed by atoms with van der Waals surface area (Å²) in [6, 6.07) is 13.2. The maximum atomic E-state index is 13.5. The van der Waals surface area contributed by atoms with Gasteiger partial charge in [-0.3, -0.25) is 9.59 Å². The third-order valence-corrected chi connectivity index (χ3v) is 4.23. The number of nitrogens with one attached hydrogen (secondary N) is 2. The minimum Gasteiger partial charge on any atom is -0.382 e. The van der Waals surface area contributed by atoms with Crippen LogP contribution in [0, 0.1) is 24.1 Å². The fourth-order valence-corrected chi connectivity index (χ4v) is 2.89. The van der Waals surface area contributed by atoms with Crippen LogP contribution in [0.3, 0.4) is 0 Å². The number of nitrogens with zero attached hydrogens (tertiary/aromatic N) is 3. The first-order chi connectivity index (χ1) is 13.5. The molecule has 0 radical (unpaired) electrons. The number of hydrogen-bond donors (Lipinski definition) is 2. The summed E-state index contributed by atoms with van der Waals surface area (Å²) < 4.78 is 14.7. The summed E-state index contributed by atoms with van der Waals surface area (Å²) in [4.78, 5) is 24.6. The number of amides is 1. The van der Waals surface area contributed by atoms with Crippen LogP contribution in [0.25, 0.3) is 10.8 Å². The normalized spacial score (nSPS) is 10.5. The van der Waals surface area contributed by atoms with Crippen molar-refractivity contribution in [2.75, 3.05) is 18.4 Å². The van der Waals surface area contributed by atoms with E-state index in [0.717, 1.165) is 10.1 Å². The van der Waals surface area contributed by atoms with E-state index in [-0.39, 0.29) is 30.1 Å². The highest BCUT2D eigenvalue weighted by Crippen LogP contribution is 2.17. The van der Waals surface area contributed by atoms with Gasteiger partial charge in [-0.25, -0.2) is 9.07 Å². The Morgan fingerprint density at radius 3 is 2.68 bits per heavy atom. The highest BCUT2D eigenvalue weighted by atomic mass is 19.1. The monoisotopic (exact) mass is 379 g/mol. The lowest BCUT2D eigenvalue weighted by Gasteiger charge is -2.11. The molecule has 3 aromatic rings. The van der Waals surface area contributed by atoms with Gasteiger partial charge in [0.15, 0.2) is 0 Å². The molecule has 142 valence electrons. The summed E-state index contributed by atoms with van der Waals surface area (Å²) in [5.41, 5.74) is 0.628. The lowest BCUT2D eigenvalue weighted by atomic mass is 10.1. The molecule has 7 nitrogen and oxygen atoms in total. The molecule has 0 spiro atoms. The molecule has 0 saturated heterocycles. The van der Waals surface area contributed by atoms with Crippen molar-refractivity contribution in [3.63, 3.8) is 0 Å². The fourth-order valence-electron chi connectivity index (χ4n) is 2.89. The van der Waals surface area contributed by atoms with Crippen molar-refractivity contribution in [2.24, 2.45) is 0 Å². The van der Waals surface area contributed by atoms with Crippen molar-refractivity contribution in [3.05, 3.63) is 69.9 Å². The van der Waals surface area contributed by atoms with Gasteiger partial charge in [0.1, 0.15) is 24.0 Å². The topological polar surface area (TPSA) is 99.8 Å². The van der Waals surface area contributed by atoms with Gasteiger partial charge in [0, 0.05) is 18.5 Å².